The Morgan fingerprint density at radius 1 is 1.33 bits per heavy atom. The number of benzene rings is 1. The van der Waals surface area contributed by atoms with Gasteiger partial charge in [0.25, 0.3) is 5.91 Å². The van der Waals surface area contributed by atoms with Gasteiger partial charge in [-0.25, -0.2) is 4.39 Å². The predicted octanol–water partition coefficient (Wildman–Crippen LogP) is 0.392. The molecule has 0 heterocycles. The van der Waals surface area contributed by atoms with E-state index in [2.05, 4.69) is 22.5 Å². The van der Waals surface area contributed by atoms with Crippen LogP contribution in [0.25, 0.3) is 0 Å². The number of carbonyl (C=O) groups excluding carboxylic acids is 2. The maximum Gasteiger partial charge on any atom is 0.254 e. The highest BCUT2D eigenvalue weighted by Gasteiger charge is 2.13. The van der Waals surface area contributed by atoms with Gasteiger partial charge in [0.1, 0.15) is 5.82 Å². The second-order valence-electron chi connectivity index (χ2n) is 4.23. The number of carbonyl (C=O) groups is 2. The lowest BCUT2D eigenvalue weighted by atomic mass is 10.1. The fourth-order valence-corrected chi connectivity index (χ4v) is 1.51. The van der Waals surface area contributed by atoms with Crippen molar-refractivity contribution in [1.82, 2.24) is 10.6 Å². The van der Waals surface area contributed by atoms with E-state index in [-0.39, 0.29) is 24.6 Å². The molecule has 0 spiro atoms. The minimum atomic E-state index is -0.667. The average molecular weight is 291 g/mol. The molecule has 5 nitrogen and oxygen atoms in total. The van der Waals surface area contributed by atoms with Crippen molar-refractivity contribution in [2.75, 3.05) is 19.6 Å². The van der Waals surface area contributed by atoms with Crippen LogP contribution in [-0.2, 0) is 4.79 Å². The number of rotatable bonds is 5. The molecule has 0 atom stereocenters. The summed E-state index contributed by atoms with van der Waals surface area (Å²) in [5, 5.41) is 4.98. The van der Waals surface area contributed by atoms with Crippen LogP contribution in [0.15, 0.2) is 18.2 Å². The topological polar surface area (TPSA) is 84.2 Å². The molecule has 1 rings (SSSR count). The molecular weight excluding hydrogens is 273 g/mol. The highest BCUT2D eigenvalue weighted by molar-refractivity contribution is 5.97. The third kappa shape index (κ3) is 5.63. The molecule has 6 heteroatoms. The number of hydrogen-bond donors (Lipinski definition) is 3. The Kier molecular flexibility index (Phi) is 6.92. The number of hydrogen-bond acceptors (Lipinski definition) is 3. The Balaban J connectivity index is 2.71. The summed E-state index contributed by atoms with van der Waals surface area (Å²) in [7, 11) is 0. The van der Waals surface area contributed by atoms with Crippen molar-refractivity contribution in [1.29, 1.82) is 0 Å². The minimum absolute atomic E-state index is 0.151. The van der Waals surface area contributed by atoms with Crippen molar-refractivity contribution in [3.63, 3.8) is 0 Å². The normalized spacial score (nSPS) is 9.48. The fraction of sp³-hybridized carbons (Fsp3) is 0.333. The minimum Gasteiger partial charge on any atom is -0.355 e. The van der Waals surface area contributed by atoms with Crippen LogP contribution in [0.5, 0.6) is 0 Å². The Hall–Kier alpha value is -2.39. The maximum atomic E-state index is 13.6. The summed E-state index contributed by atoms with van der Waals surface area (Å²) in [4.78, 5) is 23.2. The molecule has 0 unspecified atom stereocenters. The van der Waals surface area contributed by atoms with Crippen molar-refractivity contribution >= 4 is 11.8 Å². The van der Waals surface area contributed by atoms with Gasteiger partial charge in [0, 0.05) is 12.1 Å². The smallest absolute Gasteiger partial charge is 0.254 e. The first-order chi connectivity index (χ1) is 10.1. The molecule has 4 N–H and O–H groups in total. The lowest BCUT2D eigenvalue weighted by molar-refractivity contribution is -0.120. The lowest BCUT2D eigenvalue weighted by Gasteiger charge is -2.07. The standard InChI is InChI=1S/C15H18FN3O2/c1-2-8-18-14(20)10-19-15(21)12-9-11(4-3-7-17)5-6-13(12)16/h5-6,9H,2,7-8,10,17H2,1H3,(H,18,20)(H,19,21). The van der Waals surface area contributed by atoms with E-state index in [1.165, 1.54) is 12.1 Å². The molecule has 2 amide bonds. The van der Waals surface area contributed by atoms with E-state index in [1.54, 1.807) is 0 Å². The molecule has 0 saturated carbocycles. The second kappa shape index (κ2) is 8.72. The molecule has 0 radical (unpaired) electrons. The van der Waals surface area contributed by atoms with Gasteiger partial charge < -0.3 is 16.4 Å². The predicted molar refractivity (Wildman–Crippen MR) is 78.0 cm³/mol. The summed E-state index contributed by atoms with van der Waals surface area (Å²) in [5.41, 5.74) is 5.59. The molecule has 0 aromatic heterocycles. The van der Waals surface area contributed by atoms with Crippen molar-refractivity contribution in [2.45, 2.75) is 13.3 Å². The van der Waals surface area contributed by atoms with Crippen LogP contribution in [0.3, 0.4) is 0 Å². The number of halogens is 1. The van der Waals surface area contributed by atoms with Crippen LogP contribution in [0.4, 0.5) is 4.39 Å². The van der Waals surface area contributed by atoms with E-state index < -0.39 is 11.7 Å². The zero-order chi connectivity index (χ0) is 15.7. The molecule has 0 aliphatic heterocycles. The van der Waals surface area contributed by atoms with Gasteiger partial charge in [-0.05, 0) is 24.6 Å². The van der Waals surface area contributed by atoms with Crippen molar-refractivity contribution in [3.8, 4) is 11.8 Å². The van der Waals surface area contributed by atoms with Gasteiger partial charge >= 0.3 is 0 Å². The maximum absolute atomic E-state index is 13.6. The quantitative estimate of drug-likeness (QED) is 0.686. The Morgan fingerprint density at radius 2 is 2.10 bits per heavy atom. The first-order valence-electron chi connectivity index (χ1n) is 6.61. The first-order valence-corrected chi connectivity index (χ1v) is 6.61. The van der Waals surface area contributed by atoms with Gasteiger partial charge in [-0.1, -0.05) is 18.8 Å². The third-order valence-electron chi connectivity index (χ3n) is 2.53. The van der Waals surface area contributed by atoms with E-state index in [4.69, 9.17) is 5.73 Å². The van der Waals surface area contributed by atoms with Crippen molar-refractivity contribution < 1.29 is 14.0 Å². The SMILES string of the molecule is CCCNC(=O)CNC(=O)c1cc(C#CCN)ccc1F. The second-order valence-corrected chi connectivity index (χ2v) is 4.23. The summed E-state index contributed by atoms with van der Waals surface area (Å²) < 4.78 is 13.6. The third-order valence-corrected chi connectivity index (χ3v) is 2.53. The Labute approximate surface area is 123 Å². The summed E-state index contributed by atoms with van der Waals surface area (Å²) in [6.45, 7) is 2.43. The van der Waals surface area contributed by atoms with Crippen LogP contribution >= 0.6 is 0 Å². The van der Waals surface area contributed by atoms with E-state index in [0.717, 1.165) is 12.5 Å². The van der Waals surface area contributed by atoms with Crippen LogP contribution in [0, 0.1) is 17.7 Å². The zero-order valence-electron chi connectivity index (χ0n) is 11.8. The number of amides is 2. The lowest BCUT2D eigenvalue weighted by Crippen LogP contribution is -2.37. The molecule has 21 heavy (non-hydrogen) atoms. The summed E-state index contributed by atoms with van der Waals surface area (Å²) in [6.07, 6.45) is 0.802. The zero-order valence-corrected chi connectivity index (χ0v) is 11.8. The molecule has 112 valence electrons. The highest BCUT2D eigenvalue weighted by atomic mass is 19.1. The molecule has 0 aliphatic rings. The average Bonchev–Trinajstić information content (AvgIpc) is 2.49. The molecule has 0 bridgehead atoms. The van der Waals surface area contributed by atoms with Gasteiger partial charge in [-0.2, -0.15) is 0 Å². The van der Waals surface area contributed by atoms with Crippen LogP contribution in [-0.4, -0.2) is 31.4 Å². The molecule has 0 fully saturated rings. The van der Waals surface area contributed by atoms with Gasteiger partial charge in [-0.3, -0.25) is 9.59 Å². The van der Waals surface area contributed by atoms with E-state index in [9.17, 15) is 14.0 Å². The van der Waals surface area contributed by atoms with Gasteiger partial charge in [0.2, 0.25) is 5.91 Å². The van der Waals surface area contributed by atoms with Gasteiger partial charge in [-0.15, -0.1) is 0 Å². The Morgan fingerprint density at radius 3 is 2.76 bits per heavy atom. The number of nitrogens with two attached hydrogens (primary N) is 1. The first kappa shape index (κ1) is 16.7. The van der Waals surface area contributed by atoms with Crippen LogP contribution in [0.1, 0.15) is 29.3 Å². The Bertz CT molecular complexity index is 576. The molecule has 1 aromatic rings. The van der Waals surface area contributed by atoms with Gasteiger partial charge in [0.15, 0.2) is 0 Å². The molecule has 1 aromatic carbocycles. The van der Waals surface area contributed by atoms with E-state index >= 15 is 0 Å². The van der Waals surface area contributed by atoms with Crippen molar-refractivity contribution in [2.24, 2.45) is 5.73 Å². The summed E-state index contributed by atoms with van der Waals surface area (Å²) in [6, 6.07) is 3.95. The largest absolute Gasteiger partial charge is 0.355 e. The fourth-order valence-electron chi connectivity index (χ4n) is 1.51. The summed E-state index contributed by atoms with van der Waals surface area (Å²) >= 11 is 0. The van der Waals surface area contributed by atoms with Crippen LogP contribution < -0.4 is 16.4 Å². The molecular formula is C15H18FN3O2. The summed E-state index contributed by atoms with van der Waals surface area (Å²) in [5.74, 6) is 3.70. The van der Waals surface area contributed by atoms with E-state index in [0.29, 0.717) is 12.1 Å². The van der Waals surface area contributed by atoms with Crippen LogP contribution in [0.2, 0.25) is 0 Å². The molecule has 0 aliphatic carbocycles. The monoisotopic (exact) mass is 291 g/mol. The van der Waals surface area contributed by atoms with E-state index in [1.807, 2.05) is 6.92 Å². The van der Waals surface area contributed by atoms with Crippen molar-refractivity contribution in [3.05, 3.63) is 35.1 Å². The highest BCUT2D eigenvalue weighted by Crippen LogP contribution is 2.09. The number of nitrogens with one attached hydrogen (secondary N) is 2. The van der Waals surface area contributed by atoms with Gasteiger partial charge in [0.05, 0.1) is 18.7 Å². The molecule has 0 saturated heterocycles.